The van der Waals surface area contributed by atoms with Crippen LogP contribution in [-0.2, 0) is 5.60 Å². The first-order chi connectivity index (χ1) is 5.82. The standard InChI is InChI=1S/C10H12F2O/c1-6-4-7(11)5-8(9(6)12)10(2,3)13/h4-5,13H,1-3H3. The van der Waals surface area contributed by atoms with E-state index >= 15 is 0 Å². The van der Waals surface area contributed by atoms with Gasteiger partial charge in [0.2, 0.25) is 0 Å². The van der Waals surface area contributed by atoms with Gasteiger partial charge in [0.15, 0.2) is 0 Å². The second kappa shape index (κ2) is 3.07. The van der Waals surface area contributed by atoms with Crippen LogP contribution in [-0.4, -0.2) is 5.11 Å². The van der Waals surface area contributed by atoms with Gasteiger partial charge in [0.1, 0.15) is 11.6 Å². The normalized spacial score (nSPS) is 11.8. The summed E-state index contributed by atoms with van der Waals surface area (Å²) in [5.74, 6) is -1.08. The van der Waals surface area contributed by atoms with Crippen molar-refractivity contribution in [2.45, 2.75) is 26.4 Å². The van der Waals surface area contributed by atoms with Crippen molar-refractivity contribution in [2.75, 3.05) is 0 Å². The molecule has 0 amide bonds. The Hall–Kier alpha value is -0.960. The van der Waals surface area contributed by atoms with Gasteiger partial charge in [0.25, 0.3) is 0 Å². The minimum absolute atomic E-state index is 0.00926. The molecule has 1 rings (SSSR count). The van der Waals surface area contributed by atoms with E-state index in [1.54, 1.807) is 0 Å². The molecule has 0 unspecified atom stereocenters. The molecule has 0 aromatic heterocycles. The fourth-order valence-corrected chi connectivity index (χ4v) is 1.17. The van der Waals surface area contributed by atoms with Crippen molar-refractivity contribution in [3.05, 3.63) is 34.9 Å². The van der Waals surface area contributed by atoms with Crippen molar-refractivity contribution >= 4 is 0 Å². The Morgan fingerprint density at radius 1 is 1.23 bits per heavy atom. The van der Waals surface area contributed by atoms with Gasteiger partial charge in [-0.05, 0) is 38.5 Å². The van der Waals surface area contributed by atoms with Crippen molar-refractivity contribution in [1.82, 2.24) is 0 Å². The average Bonchev–Trinajstić information content (AvgIpc) is 1.94. The summed E-state index contributed by atoms with van der Waals surface area (Å²) in [6.07, 6.45) is 0. The van der Waals surface area contributed by atoms with Crippen molar-refractivity contribution in [2.24, 2.45) is 0 Å². The number of halogens is 2. The Morgan fingerprint density at radius 2 is 1.77 bits per heavy atom. The molecule has 0 aliphatic carbocycles. The smallest absolute Gasteiger partial charge is 0.132 e. The van der Waals surface area contributed by atoms with Crippen LogP contribution in [0.3, 0.4) is 0 Å². The summed E-state index contributed by atoms with van der Waals surface area (Å²) in [7, 11) is 0. The third kappa shape index (κ3) is 2.04. The lowest BCUT2D eigenvalue weighted by Crippen LogP contribution is -2.18. The van der Waals surface area contributed by atoms with Crippen LogP contribution in [0.5, 0.6) is 0 Å². The highest BCUT2D eigenvalue weighted by Crippen LogP contribution is 2.25. The number of aryl methyl sites for hydroxylation is 1. The zero-order chi connectivity index (χ0) is 10.2. The zero-order valence-electron chi connectivity index (χ0n) is 7.86. The summed E-state index contributed by atoms with van der Waals surface area (Å²) in [6, 6.07) is 2.12. The largest absolute Gasteiger partial charge is 0.386 e. The Kier molecular flexibility index (Phi) is 2.39. The molecular formula is C10H12F2O. The number of hydrogen-bond acceptors (Lipinski definition) is 1. The first-order valence-corrected chi connectivity index (χ1v) is 4.01. The SMILES string of the molecule is Cc1cc(F)cc(C(C)(C)O)c1F. The third-order valence-corrected chi connectivity index (χ3v) is 1.88. The first kappa shape index (κ1) is 10.1. The van der Waals surface area contributed by atoms with Crippen LogP contribution in [0.25, 0.3) is 0 Å². The van der Waals surface area contributed by atoms with Gasteiger partial charge in [-0.25, -0.2) is 8.78 Å². The predicted octanol–water partition coefficient (Wildman–Crippen LogP) is 2.50. The quantitative estimate of drug-likeness (QED) is 0.714. The van der Waals surface area contributed by atoms with Gasteiger partial charge in [-0.15, -0.1) is 0 Å². The Bertz CT molecular complexity index is 326. The molecule has 0 bridgehead atoms. The maximum Gasteiger partial charge on any atom is 0.132 e. The molecule has 0 heterocycles. The van der Waals surface area contributed by atoms with Crippen LogP contribution in [0.15, 0.2) is 12.1 Å². The Morgan fingerprint density at radius 3 is 2.23 bits per heavy atom. The summed E-state index contributed by atoms with van der Waals surface area (Å²) >= 11 is 0. The van der Waals surface area contributed by atoms with Crippen molar-refractivity contribution in [3.63, 3.8) is 0 Å². The van der Waals surface area contributed by atoms with Crippen LogP contribution in [0.2, 0.25) is 0 Å². The molecule has 1 nitrogen and oxygen atoms in total. The molecule has 1 aromatic rings. The van der Waals surface area contributed by atoms with Crippen LogP contribution >= 0.6 is 0 Å². The molecule has 13 heavy (non-hydrogen) atoms. The lowest BCUT2D eigenvalue weighted by atomic mass is 9.96. The first-order valence-electron chi connectivity index (χ1n) is 4.01. The molecule has 0 radical (unpaired) electrons. The Balaban J connectivity index is 3.37. The molecule has 0 atom stereocenters. The van der Waals surface area contributed by atoms with E-state index in [1.165, 1.54) is 20.8 Å². The van der Waals surface area contributed by atoms with Gasteiger partial charge in [-0.2, -0.15) is 0 Å². The summed E-state index contributed by atoms with van der Waals surface area (Å²) in [4.78, 5) is 0. The highest BCUT2D eigenvalue weighted by atomic mass is 19.1. The highest BCUT2D eigenvalue weighted by Gasteiger charge is 2.22. The molecule has 0 aliphatic rings. The molecule has 1 N–H and O–H groups in total. The molecule has 0 fully saturated rings. The lowest BCUT2D eigenvalue weighted by Gasteiger charge is -2.19. The van der Waals surface area contributed by atoms with Gasteiger partial charge in [0, 0.05) is 5.56 Å². The van der Waals surface area contributed by atoms with Crippen LogP contribution in [0.4, 0.5) is 8.78 Å². The third-order valence-electron chi connectivity index (χ3n) is 1.88. The summed E-state index contributed by atoms with van der Waals surface area (Å²) in [5, 5.41) is 9.51. The van der Waals surface area contributed by atoms with Gasteiger partial charge in [-0.3, -0.25) is 0 Å². The van der Waals surface area contributed by atoms with Crippen molar-refractivity contribution in [3.8, 4) is 0 Å². The van der Waals surface area contributed by atoms with Crippen LogP contribution in [0.1, 0.15) is 25.0 Å². The minimum atomic E-state index is -1.35. The molecule has 0 spiro atoms. The van der Waals surface area contributed by atoms with Crippen molar-refractivity contribution < 1.29 is 13.9 Å². The van der Waals surface area contributed by atoms with E-state index in [2.05, 4.69) is 0 Å². The van der Waals surface area contributed by atoms with Gasteiger partial charge >= 0.3 is 0 Å². The topological polar surface area (TPSA) is 20.2 Å². The Labute approximate surface area is 76.0 Å². The van der Waals surface area contributed by atoms with Crippen LogP contribution in [0, 0.1) is 18.6 Å². The van der Waals surface area contributed by atoms with E-state index in [0.717, 1.165) is 12.1 Å². The molecule has 3 heteroatoms. The van der Waals surface area contributed by atoms with E-state index in [4.69, 9.17) is 0 Å². The highest BCUT2D eigenvalue weighted by molar-refractivity contribution is 5.29. The molecule has 0 aliphatic heterocycles. The monoisotopic (exact) mass is 186 g/mol. The molecular weight excluding hydrogens is 174 g/mol. The van der Waals surface area contributed by atoms with E-state index < -0.39 is 17.2 Å². The maximum absolute atomic E-state index is 13.4. The number of rotatable bonds is 1. The number of hydrogen-bond donors (Lipinski definition) is 1. The van der Waals surface area contributed by atoms with E-state index in [1.807, 2.05) is 0 Å². The van der Waals surface area contributed by atoms with E-state index in [0.29, 0.717) is 0 Å². The maximum atomic E-state index is 13.4. The summed E-state index contributed by atoms with van der Waals surface area (Å²) in [6.45, 7) is 4.31. The van der Waals surface area contributed by atoms with Gasteiger partial charge < -0.3 is 5.11 Å². The number of aliphatic hydroxyl groups is 1. The predicted molar refractivity (Wildman–Crippen MR) is 46.3 cm³/mol. The molecule has 0 saturated carbocycles. The van der Waals surface area contributed by atoms with Crippen molar-refractivity contribution in [1.29, 1.82) is 0 Å². The summed E-state index contributed by atoms with van der Waals surface area (Å²) < 4.78 is 26.2. The van der Waals surface area contributed by atoms with E-state index in [-0.39, 0.29) is 11.1 Å². The second-order valence-corrected chi connectivity index (χ2v) is 3.64. The number of benzene rings is 1. The minimum Gasteiger partial charge on any atom is -0.386 e. The lowest BCUT2D eigenvalue weighted by molar-refractivity contribution is 0.0740. The molecule has 72 valence electrons. The van der Waals surface area contributed by atoms with Gasteiger partial charge in [0.05, 0.1) is 5.60 Å². The van der Waals surface area contributed by atoms with Crippen LogP contribution < -0.4 is 0 Å². The summed E-state index contributed by atoms with van der Waals surface area (Å²) in [5.41, 5.74) is -1.15. The average molecular weight is 186 g/mol. The second-order valence-electron chi connectivity index (χ2n) is 3.64. The van der Waals surface area contributed by atoms with E-state index in [9.17, 15) is 13.9 Å². The molecule has 0 saturated heterocycles. The molecule has 1 aromatic carbocycles. The fourth-order valence-electron chi connectivity index (χ4n) is 1.17. The zero-order valence-corrected chi connectivity index (χ0v) is 7.86. The van der Waals surface area contributed by atoms with Gasteiger partial charge in [-0.1, -0.05) is 0 Å². The fraction of sp³-hybridized carbons (Fsp3) is 0.400.